The molecule has 0 saturated heterocycles. The maximum absolute atomic E-state index is 11.1. The zero-order valence-corrected chi connectivity index (χ0v) is 6.99. The molecule has 11 heavy (non-hydrogen) atoms. The molecule has 0 fully saturated rings. The lowest BCUT2D eigenvalue weighted by atomic mass is 10.2. The smallest absolute Gasteiger partial charge is 0.262 e. The van der Waals surface area contributed by atoms with E-state index < -0.39 is 0 Å². The highest BCUT2D eigenvalue weighted by atomic mass is 16.2. The maximum Gasteiger partial charge on any atom is 0.262 e. The number of amides is 1. The Hall–Kier alpha value is -1.03. The van der Waals surface area contributed by atoms with Gasteiger partial charge < -0.3 is 5.32 Å². The van der Waals surface area contributed by atoms with E-state index in [9.17, 15) is 4.79 Å². The molecule has 1 heterocycles. The van der Waals surface area contributed by atoms with Crippen LogP contribution in [0.5, 0.6) is 0 Å². The third kappa shape index (κ3) is 1.71. The summed E-state index contributed by atoms with van der Waals surface area (Å²) in [7, 11) is 0. The molecule has 1 aliphatic heterocycles. The summed E-state index contributed by atoms with van der Waals surface area (Å²) < 4.78 is 0. The van der Waals surface area contributed by atoms with Crippen LogP contribution >= 0.6 is 0 Å². The molecule has 0 saturated carbocycles. The van der Waals surface area contributed by atoms with Gasteiger partial charge in [0.1, 0.15) is 0 Å². The fourth-order valence-corrected chi connectivity index (χ4v) is 0.907. The highest BCUT2D eigenvalue weighted by molar-refractivity contribution is 5.93. The molecular weight excluding hydrogens is 142 g/mol. The first kappa shape index (κ1) is 8.07. The summed E-state index contributed by atoms with van der Waals surface area (Å²) in [6.45, 7) is 5.61. The van der Waals surface area contributed by atoms with Crippen LogP contribution in [0.25, 0.3) is 0 Å². The predicted octanol–water partition coefficient (Wildman–Crippen LogP) is -0.150. The fraction of sp³-hybridized carbons (Fsp3) is 0.571. The summed E-state index contributed by atoms with van der Waals surface area (Å²) in [6.07, 6.45) is 0.0800. The third-order valence-electron chi connectivity index (χ3n) is 1.74. The van der Waals surface area contributed by atoms with Gasteiger partial charge in [0.05, 0.1) is 6.17 Å². The van der Waals surface area contributed by atoms with Gasteiger partial charge in [0.2, 0.25) is 0 Å². The van der Waals surface area contributed by atoms with Crippen LogP contribution in [0, 0.1) is 0 Å². The number of nitrogens with one attached hydrogen (secondary N) is 3. The van der Waals surface area contributed by atoms with E-state index in [1.165, 1.54) is 0 Å². The van der Waals surface area contributed by atoms with Crippen LogP contribution in [0.4, 0.5) is 0 Å². The monoisotopic (exact) mass is 155 g/mol. The molecule has 0 radical (unpaired) electrons. The van der Waals surface area contributed by atoms with Gasteiger partial charge in [-0.25, -0.2) is 5.43 Å². The second-order valence-electron chi connectivity index (χ2n) is 2.71. The average molecular weight is 155 g/mol. The zero-order chi connectivity index (χ0) is 8.43. The number of hydrogen-bond acceptors (Lipinski definition) is 3. The molecule has 62 valence electrons. The molecule has 1 unspecified atom stereocenters. The number of hydrogen-bond donors (Lipinski definition) is 3. The molecule has 0 spiro atoms. The predicted molar refractivity (Wildman–Crippen MR) is 42.3 cm³/mol. The van der Waals surface area contributed by atoms with Gasteiger partial charge in [-0.15, -0.1) is 0 Å². The number of rotatable bonds is 0. The summed E-state index contributed by atoms with van der Waals surface area (Å²) in [6, 6.07) is 0. The highest BCUT2D eigenvalue weighted by Crippen LogP contribution is 2.02. The van der Waals surface area contributed by atoms with Crippen molar-refractivity contribution in [1.82, 2.24) is 16.2 Å². The molecule has 3 N–H and O–H groups in total. The quantitative estimate of drug-likeness (QED) is 0.456. The molecular formula is C7H13N3O. The van der Waals surface area contributed by atoms with Crippen LogP contribution in [0.1, 0.15) is 20.8 Å². The Bertz CT molecular complexity index is 210. The Kier molecular flexibility index (Phi) is 2.14. The Morgan fingerprint density at radius 3 is 2.64 bits per heavy atom. The summed E-state index contributed by atoms with van der Waals surface area (Å²) >= 11 is 0. The molecule has 0 aliphatic carbocycles. The fourth-order valence-electron chi connectivity index (χ4n) is 0.907. The van der Waals surface area contributed by atoms with E-state index >= 15 is 0 Å². The van der Waals surface area contributed by atoms with Gasteiger partial charge in [0, 0.05) is 11.3 Å². The highest BCUT2D eigenvalue weighted by Gasteiger charge is 2.13. The molecule has 1 atom stereocenters. The minimum Gasteiger partial charge on any atom is -0.372 e. The van der Waals surface area contributed by atoms with Gasteiger partial charge in [0.15, 0.2) is 0 Å². The van der Waals surface area contributed by atoms with Crippen molar-refractivity contribution in [2.24, 2.45) is 0 Å². The third-order valence-corrected chi connectivity index (χ3v) is 1.74. The number of hydrazine groups is 1. The summed E-state index contributed by atoms with van der Waals surface area (Å²) in [5.74, 6) is -0.0700. The van der Waals surface area contributed by atoms with Crippen molar-refractivity contribution in [1.29, 1.82) is 0 Å². The number of carbonyl (C=O) groups is 1. The van der Waals surface area contributed by atoms with Gasteiger partial charge >= 0.3 is 0 Å². The van der Waals surface area contributed by atoms with E-state index in [1.807, 2.05) is 13.8 Å². The topological polar surface area (TPSA) is 53.2 Å². The number of carbonyl (C=O) groups excluding carboxylic acids is 1. The summed E-state index contributed by atoms with van der Waals surface area (Å²) in [5.41, 5.74) is 7.01. The lowest BCUT2D eigenvalue weighted by Gasteiger charge is -2.12. The molecule has 1 rings (SSSR count). The molecule has 0 bridgehead atoms. The van der Waals surface area contributed by atoms with E-state index in [-0.39, 0.29) is 12.1 Å². The van der Waals surface area contributed by atoms with Gasteiger partial charge in [0.25, 0.3) is 5.91 Å². The van der Waals surface area contributed by atoms with Crippen molar-refractivity contribution in [3.63, 3.8) is 0 Å². The first-order valence-electron chi connectivity index (χ1n) is 3.61. The summed E-state index contributed by atoms with van der Waals surface area (Å²) in [4.78, 5) is 11.1. The maximum atomic E-state index is 11.1. The molecule has 4 nitrogen and oxygen atoms in total. The van der Waals surface area contributed by atoms with Crippen molar-refractivity contribution < 1.29 is 4.79 Å². The second-order valence-corrected chi connectivity index (χ2v) is 2.71. The van der Waals surface area contributed by atoms with Gasteiger partial charge in [-0.3, -0.25) is 10.2 Å². The minimum atomic E-state index is -0.0700. The number of allylic oxidation sites excluding steroid dienone is 1. The summed E-state index contributed by atoms with van der Waals surface area (Å²) in [5, 5.41) is 3.11. The first-order chi connectivity index (χ1) is 5.11. The molecule has 1 aliphatic rings. The van der Waals surface area contributed by atoms with Crippen molar-refractivity contribution in [2.45, 2.75) is 26.9 Å². The molecule has 0 aromatic rings. The van der Waals surface area contributed by atoms with Gasteiger partial charge in [-0.05, 0) is 20.8 Å². The Morgan fingerprint density at radius 2 is 2.00 bits per heavy atom. The molecule has 4 heteroatoms. The Balaban J connectivity index is 2.82. The van der Waals surface area contributed by atoms with E-state index in [2.05, 4.69) is 16.2 Å². The van der Waals surface area contributed by atoms with Crippen LogP contribution in [0.2, 0.25) is 0 Å². The molecule has 0 aromatic carbocycles. The van der Waals surface area contributed by atoms with Crippen LogP contribution < -0.4 is 16.2 Å². The SMILES string of the molecule is CC1=C(C)C(=O)NNC(C)N1. The second kappa shape index (κ2) is 2.92. The van der Waals surface area contributed by atoms with E-state index in [4.69, 9.17) is 0 Å². The molecule has 1 amide bonds. The lowest BCUT2D eigenvalue weighted by Crippen LogP contribution is -2.46. The van der Waals surface area contributed by atoms with E-state index in [0.717, 1.165) is 11.3 Å². The minimum absolute atomic E-state index is 0.0700. The largest absolute Gasteiger partial charge is 0.372 e. The van der Waals surface area contributed by atoms with Crippen molar-refractivity contribution in [3.05, 3.63) is 11.3 Å². The van der Waals surface area contributed by atoms with Crippen molar-refractivity contribution in [3.8, 4) is 0 Å². The van der Waals surface area contributed by atoms with Crippen LogP contribution in [-0.2, 0) is 4.79 Å². The van der Waals surface area contributed by atoms with Crippen LogP contribution in [0.15, 0.2) is 11.3 Å². The van der Waals surface area contributed by atoms with E-state index in [1.54, 1.807) is 6.92 Å². The Labute approximate surface area is 66.0 Å². The van der Waals surface area contributed by atoms with Crippen molar-refractivity contribution in [2.75, 3.05) is 0 Å². The van der Waals surface area contributed by atoms with Crippen LogP contribution in [-0.4, -0.2) is 12.1 Å². The Morgan fingerprint density at radius 1 is 1.36 bits per heavy atom. The lowest BCUT2D eigenvalue weighted by molar-refractivity contribution is -0.118. The normalized spacial score (nSPS) is 25.7. The average Bonchev–Trinajstić information content (AvgIpc) is 2.05. The van der Waals surface area contributed by atoms with Crippen LogP contribution in [0.3, 0.4) is 0 Å². The van der Waals surface area contributed by atoms with Gasteiger partial charge in [-0.1, -0.05) is 0 Å². The van der Waals surface area contributed by atoms with Crippen molar-refractivity contribution >= 4 is 5.91 Å². The van der Waals surface area contributed by atoms with E-state index in [0.29, 0.717) is 0 Å². The molecule has 0 aromatic heterocycles. The standard InChI is InChI=1S/C7H13N3O/c1-4-5(2)8-6(3)9-10-7(4)11/h6,8-9H,1-3H3,(H,10,11). The van der Waals surface area contributed by atoms with Gasteiger partial charge in [-0.2, -0.15) is 0 Å². The zero-order valence-electron chi connectivity index (χ0n) is 6.99. The first-order valence-corrected chi connectivity index (χ1v) is 3.61.